The molecule has 28 heavy (non-hydrogen) atoms. The van der Waals surface area contributed by atoms with Crippen molar-refractivity contribution in [3.63, 3.8) is 0 Å². The zero-order chi connectivity index (χ0) is 20.7. The maximum Gasteiger partial charge on any atom is 0.341 e. The number of nitrogens with zero attached hydrogens (tertiary/aromatic N) is 1. The van der Waals surface area contributed by atoms with Gasteiger partial charge in [0.05, 0.1) is 30.9 Å². The largest absolute Gasteiger partial charge is 0.465 e. The van der Waals surface area contributed by atoms with E-state index in [0.717, 1.165) is 0 Å². The number of benzene rings is 1. The minimum atomic E-state index is -0.827. The van der Waals surface area contributed by atoms with E-state index in [1.807, 2.05) is 0 Å². The Kier molecular flexibility index (Phi) is 7.05. The molecular formula is C18H15ClN2O7. The van der Waals surface area contributed by atoms with Gasteiger partial charge in [-0.3, -0.25) is 4.79 Å². The quantitative estimate of drug-likeness (QED) is 0.440. The Morgan fingerprint density at radius 2 is 1.61 bits per heavy atom. The highest BCUT2D eigenvalue weighted by Crippen LogP contribution is 2.17. The van der Waals surface area contributed by atoms with Crippen molar-refractivity contribution in [3.05, 3.63) is 58.4 Å². The number of aromatic nitrogens is 1. The molecule has 1 amide bonds. The number of halogens is 1. The molecule has 9 nitrogen and oxygen atoms in total. The maximum absolute atomic E-state index is 12.1. The Bertz CT molecular complexity index is 896. The van der Waals surface area contributed by atoms with Gasteiger partial charge in [-0.1, -0.05) is 11.6 Å². The van der Waals surface area contributed by atoms with Crippen LogP contribution in [0.5, 0.6) is 0 Å². The van der Waals surface area contributed by atoms with Crippen molar-refractivity contribution in [1.29, 1.82) is 0 Å². The summed E-state index contributed by atoms with van der Waals surface area (Å²) in [6.45, 7) is -0.625. The highest BCUT2D eigenvalue weighted by molar-refractivity contribution is 6.32. The standard InChI is InChI=1S/C18H15ClN2O7/c1-26-16(23)10-6-11(17(24)27-2)8-12(7-10)21-14(22)9-28-18(25)13-4-3-5-20-15(13)19/h3-8H,9H2,1-2H3,(H,21,22). The minimum absolute atomic E-state index is 0.0117. The van der Waals surface area contributed by atoms with Gasteiger partial charge in [0.15, 0.2) is 6.61 Å². The lowest BCUT2D eigenvalue weighted by molar-refractivity contribution is -0.119. The Hall–Kier alpha value is -3.46. The second-order valence-electron chi connectivity index (χ2n) is 5.25. The average molecular weight is 407 g/mol. The van der Waals surface area contributed by atoms with E-state index in [1.54, 1.807) is 0 Å². The van der Waals surface area contributed by atoms with Crippen LogP contribution in [-0.2, 0) is 19.0 Å². The number of hydrogen-bond acceptors (Lipinski definition) is 8. The summed E-state index contributed by atoms with van der Waals surface area (Å²) < 4.78 is 14.1. The molecule has 0 radical (unpaired) electrons. The number of methoxy groups -OCH3 is 2. The fourth-order valence-electron chi connectivity index (χ4n) is 2.12. The molecule has 0 bridgehead atoms. The molecule has 0 aliphatic rings. The lowest BCUT2D eigenvalue weighted by Gasteiger charge is -2.10. The number of rotatable bonds is 6. The van der Waals surface area contributed by atoms with Crippen LogP contribution >= 0.6 is 11.6 Å². The molecule has 2 aromatic rings. The molecule has 1 N–H and O–H groups in total. The molecule has 10 heteroatoms. The lowest BCUT2D eigenvalue weighted by Crippen LogP contribution is -2.21. The van der Waals surface area contributed by atoms with Crippen LogP contribution in [0.1, 0.15) is 31.1 Å². The average Bonchev–Trinajstić information content (AvgIpc) is 2.70. The molecule has 1 aromatic heterocycles. The highest BCUT2D eigenvalue weighted by atomic mass is 35.5. The zero-order valence-corrected chi connectivity index (χ0v) is 15.6. The molecule has 1 aromatic carbocycles. The van der Waals surface area contributed by atoms with Crippen molar-refractivity contribution in [2.24, 2.45) is 0 Å². The number of hydrogen-bond donors (Lipinski definition) is 1. The minimum Gasteiger partial charge on any atom is -0.465 e. The van der Waals surface area contributed by atoms with Gasteiger partial charge in [-0.15, -0.1) is 0 Å². The Morgan fingerprint density at radius 3 is 2.14 bits per heavy atom. The number of esters is 3. The van der Waals surface area contributed by atoms with Crippen LogP contribution in [0.15, 0.2) is 36.5 Å². The molecule has 0 aliphatic carbocycles. The summed E-state index contributed by atoms with van der Waals surface area (Å²) in [6, 6.07) is 6.76. The molecule has 0 unspecified atom stereocenters. The van der Waals surface area contributed by atoms with Crippen molar-refractivity contribution < 1.29 is 33.4 Å². The lowest BCUT2D eigenvalue weighted by atomic mass is 10.1. The van der Waals surface area contributed by atoms with Crippen LogP contribution in [-0.4, -0.2) is 49.6 Å². The maximum atomic E-state index is 12.1. The van der Waals surface area contributed by atoms with Crippen LogP contribution < -0.4 is 5.32 Å². The van der Waals surface area contributed by atoms with E-state index < -0.39 is 30.4 Å². The van der Waals surface area contributed by atoms with Gasteiger partial charge in [0.1, 0.15) is 5.15 Å². The monoisotopic (exact) mass is 406 g/mol. The number of carbonyl (C=O) groups excluding carboxylic acids is 4. The zero-order valence-electron chi connectivity index (χ0n) is 14.9. The van der Waals surface area contributed by atoms with Gasteiger partial charge >= 0.3 is 17.9 Å². The van der Waals surface area contributed by atoms with Gasteiger partial charge in [0.25, 0.3) is 5.91 Å². The van der Waals surface area contributed by atoms with E-state index in [-0.39, 0.29) is 27.5 Å². The van der Waals surface area contributed by atoms with Crippen LogP contribution in [0.2, 0.25) is 5.15 Å². The first-order chi connectivity index (χ1) is 13.3. The van der Waals surface area contributed by atoms with E-state index in [9.17, 15) is 19.2 Å². The topological polar surface area (TPSA) is 121 Å². The molecule has 0 saturated heterocycles. The van der Waals surface area contributed by atoms with E-state index in [1.165, 1.54) is 50.7 Å². The summed E-state index contributed by atoms with van der Waals surface area (Å²) in [4.78, 5) is 51.2. The fourth-order valence-corrected chi connectivity index (χ4v) is 2.31. The molecule has 0 fully saturated rings. The van der Waals surface area contributed by atoms with Crippen molar-refractivity contribution >= 4 is 41.1 Å². The third-order valence-electron chi connectivity index (χ3n) is 3.37. The normalized spacial score (nSPS) is 9.96. The highest BCUT2D eigenvalue weighted by Gasteiger charge is 2.17. The molecule has 0 spiro atoms. The van der Waals surface area contributed by atoms with Crippen LogP contribution in [0, 0.1) is 0 Å². The van der Waals surface area contributed by atoms with Gasteiger partial charge < -0.3 is 19.5 Å². The predicted molar refractivity (Wildman–Crippen MR) is 97.3 cm³/mol. The van der Waals surface area contributed by atoms with E-state index >= 15 is 0 Å². The molecule has 0 aliphatic heterocycles. The third kappa shape index (κ3) is 5.27. The summed E-state index contributed by atoms with van der Waals surface area (Å²) in [7, 11) is 2.35. The second kappa shape index (κ2) is 9.47. The fraction of sp³-hybridized carbons (Fsp3) is 0.167. The summed E-state index contributed by atoms with van der Waals surface area (Å²) in [6.07, 6.45) is 1.40. The number of amides is 1. The van der Waals surface area contributed by atoms with Gasteiger partial charge in [-0.05, 0) is 30.3 Å². The van der Waals surface area contributed by atoms with Crippen LogP contribution in [0.4, 0.5) is 5.69 Å². The molecule has 1 heterocycles. The molecular weight excluding hydrogens is 392 g/mol. The first-order valence-corrected chi connectivity index (χ1v) is 8.12. The summed E-state index contributed by atoms with van der Waals surface area (Å²) >= 11 is 5.79. The number of nitrogens with one attached hydrogen (secondary N) is 1. The van der Waals surface area contributed by atoms with Crippen molar-refractivity contribution in [3.8, 4) is 0 Å². The van der Waals surface area contributed by atoms with Crippen molar-refractivity contribution in [1.82, 2.24) is 4.98 Å². The number of ether oxygens (including phenoxy) is 3. The van der Waals surface area contributed by atoms with Crippen molar-refractivity contribution in [2.75, 3.05) is 26.1 Å². The SMILES string of the molecule is COC(=O)c1cc(NC(=O)COC(=O)c2cccnc2Cl)cc(C(=O)OC)c1. The van der Waals surface area contributed by atoms with E-state index in [0.29, 0.717) is 0 Å². The summed E-state index contributed by atoms with van der Waals surface area (Å²) in [5.74, 6) is -2.95. The van der Waals surface area contributed by atoms with Gasteiger partial charge in [-0.2, -0.15) is 0 Å². The first-order valence-electron chi connectivity index (χ1n) is 7.75. The number of anilines is 1. The van der Waals surface area contributed by atoms with E-state index in [2.05, 4.69) is 19.8 Å². The predicted octanol–water partition coefficient (Wildman–Crippen LogP) is 2.10. The Labute approximate surface area is 164 Å². The molecule has 146 valence electrons. The van der Waals surface area contributed by atoms with Gasteiger partial charge in [-0.25, -0.2) is 19.4 Å². The second-order valence-corrected chi connectivity index (χ2v) is 5.61. The Balaban J connectivity index is 2.10. The number of carbonyl (C=O) groups is 4. The molecule has 2 rings (SSSR count). The Morgan fingerprint density at radius 1 is 1.00 bits per heavy atom. The summed E-state index contributed by atoms with van der Waals surface area (Å²) in [5.41, 5.74) is 0.182. The van der Waals surface area contributed by atoms with Crippen LogP contribution in [0.3, 0.4) is 0 Å². The van der Waals surface area contributed by atoms with Gasteiger partial charge in [0.2, 0.25) is 0 Å². The third-order valence-corrected chi connectivity index (χ3v) is 3.67. The van der Waals surface area contributed by atoms with E-state index in [4.69, 9.17) is 16.3 Å². The van der Waals surface area contributed by atoms with Gasteiger partial charge in [0, 0.05) is 11.9 Å². The smallest absolute Gasteiger partial charge is 0.341 e. The summed E-state index contributed by atoms with van der Waals surface area (Å²) in [5, 5.41) is 2.37. The molecule has 0 saturated carbocycles. The number of pyridine rings is 1. The first kappa shape index (κ1) is 20.8. The van der Waals surface area contributed by atoms with Crippen LogP contribution in [0.25, 0.3) is 0 Å². The molecule has 0 atom stereocenters. The van der Waals surface area contributed by atoms with Crippen molar-refractivity contribution in [2.45, 2.75) is 0 Å².